The molecule has 0 spiro atoms. The smallest absolute Gasteiger partial charge is 0.169 e. The van der Waals surface area contributed by atoms with Crippen molar-refractivity contribution < 1.29 is 13.9 Å². The molecule has 0 radical (unpaired) electrons. The van der Waals surface area contributed by atoms with E-state index in [-0.39, 0.29) is 11.6 Å². The molecule has 0 aliphatic rings. The zero-order valence-electron chi connectivity index (χ0n) is 10.7. The van der Waals surface area contributed by atoms with Crippen LogP contribution in [-0.4, -0.2) is 7.11 Å². The number of benzene rings is 2. The summed E-state index contributed by atoms with van der Waals surface area (Å²) < 4.78 is 24.6. The van der Waals surface area contributed by atoms with E-state index in [9.17, 15) is 4.39 Å². The molecule has 0 aliphatic carbocycles. The van der Waals surface area contributed by atoms with Gasteiger partial charge < -0.3 is 9.47 Å². The molecule has 2 nitrogen and oxygen atoms in total. The first kappa shape index (κ1) is 13.7. The molecule has 2 aromatic rings. The molecule has 0 saturated heterocycles. The third kappa shape index (κ3) is 3.18. The lowest BCUT2D eigenvalue weighted by Gasteiger charge is -2.11. The highest BCUT2D eigenvalue weighted by atomic mass is 35.5. The van der Waals surface area contributed by atoms with Gasteiger partial charge in [0.2, 0.25) is 0 Å². The van der Waals surface area contributed by atoms with E-state index in [0.29, 0.717) is 17.1 Å². The second-order valence-electron chi connectivity index (χ2n) is 4.15. The highest BCUT2D eigenvalue weighted by Gasteiger charge is 2.10. The van der Waals surface area contributed by atoms with Crippen LogP contribution in [0.15, 0.2) is 36.4 Å². The fourth-order valence-corrected chi connectivity index (χ4v) is 1.85. The van der Waals surface area contributed by atoms with Crippen LogP contribution in [0.3, 0.4) is 0 Å². The summed E-state index contributed by atoms with van der Waals surface area (Å²) in [6.07, 6.45) is 0. The van der Waals surface area contributed by atoms with Gasteiger partial charge in [-0.05, 0) is 42.3 Å². The molecule has 100 valence electrons. The predicted molar refractivity (Wildman–Crippen MR) is 73.8 cm³/mol. The van der Waals surface area contributed by atoms with Gasteiger partial charge >= 0.3 is 0 Å². The largest absolute Gasteiger partial charge is 0.493 e. The van der Waals surface area contributed by atoms with Crippen molar-refractivity contribution in [2.75, 3.05) is 7.11 Å². The number of rotatable bonds is 4. The molecule has 0 unspecified atom stereocenters. The van der Waals surface area contributed by atoms with Crippen LogP contribution in [0, 0.1) is 12.7 Å². The van der Waals surface area contributed by atoms with Gasteiger partial charge in [-0.2, -0.15) is 0 Å². The van der Waals surface area contributed by atoms with Gasteiger partial charge in [-0.15, -0.1) is 11.6 Å². The molecule has 19 heavy (non-hydrogen) atoms. The summed E-state index contributed by atoms with van der Waals surface area (Å²) >= 11 is 5.65. The lowest BCUT2D eigenvalue weighted by Crippen LogP contribution is -1.93. The molecule has 0 saturated carbocycles. The summed E-state index contributed by atoms with van der Waals surface area (Å²) in [6.45, 7) is 1.95. The molecule has 2 rings (SSSR count). The van der Waals surface area contributed by atoms with Gasteiger partial charge in [0.15, 0.2) is 23.1 Å². The first-order valence-electron chi connectivity index (χ1n) is 5.81. The van der Waals surface area contributed by atoms with E-state index in [1.54, 1.807) is 25.3 Å². The third-order valence-corrected chi connectivity index (χ3v) is 3.00. The molecule has 0 N–H and O–H groups in total. The molecular weight excluding hydrogens is 267 g/mol. The maximum Gasteiger partial charge on any atom is 0.169 e. The third-order valence-electron chi connectivity index (χ3n) is 2.69. The number of ether oxygens (including phenoxy) is 2. The molecule has 4 heteroatoms. The molecule has 0 aromatic heterocycles. The van der Waals surface area contributed by atoms with Crippen LogP contribution in [0.5, 0.6) is 17.2 Å². The molecular formula is C15H14ClFO2. The summed E-state index contributed by atoms with van der Waals surface area (Å²) in [7, 11) is 1.55. The van der Waals surface area contributed by atoms with Crippen molar-refractivity contribution in [3.8, 4) is 17.2 Å². The second-order valence-corrected chi connectivity index (χ2v) is 4.42. The number of aryl methyl sites for hydroxylation is 1. The van der Waals surface area contributed by atoms with E-state index in [1.807, 2.05) is 19.1 Å². The molecule has 0 bridgehead atoms. The quantitative estimate of drug-likeness (QED) is 0.758. The number of alkyl halides is 1. The average Bonchev–Trinajstić information content (AvgIpc) is 2.42. The van der Waals surface area contributed by atoms with Crippen LogP contribution in [-0.2, 0) is 5.88 Å². The van der Waals surface area contributed by atoms with Crippen molar-refractivity contribution in [2.24, 2.45) is 0 Å². The Morgan fingerprint density at radius 1 is 1.05 bits per heavy atom. The van der Waals surface area contributed by atoms with Gasteiger partial charge in [0, 0.05) is 5.88 Å². The van der Waals surface area contributed by atoms with E-state index in [2.05, 4.69) is 0 Å². The zero-order valence-corrected chi connectivity index (χ0v) is 11.5. The first-order chi connectivity index (χ1) is 9.13. The Bertz CT molecular complexity index is 584. The Kier molecular flexibility index (Phi) is 4.27. The van der Waals surface area contributed by atoms with E-state index in [0.717, 1.165) is 5.56 Å². The molecule has 0 amide bonds. The SMILES string of the molecule is COc1cc(C)ccc1Oc1ccc(CCl)cc1F. The van der Waals surface area contributed by atoms with Gasteiger partial charge in [0.1, 0.15) is 0 Å². The number of methoxy groups -OCH3 is 1. The van der Waals surface area contributed by atoms with Crippen LogP contribution in [0.25, 0.3) is 0 Å². The van der Waals surface area contributed by atoms with E-state index in [4.69, 9.17) is 21.1 Å². The van der Waals surface area contributed by atoms with Gasteiger partial charge in [-0.25, -0.2) is 4.39 Å². The fraction of sp³-hybridized carbons (Fsp3) is 0.200. The van der Waals surface area contributed by atoms with Crippen molar-refractivity contribution in [2.45, 2.75) is 12.8 Å². The number of hydrogen-bond donors (Lipinski definition) is 0. The van der Waals surface area contributed by atoms with E-state index >= 15 is 0 Å². The van der Waals surface area contributed by atoms with Crippen molar-refractivity contribution >= 4 is 11.6 Å². The lowest BCUT2D eigenvalue weighted by molar-refractivity contribution is 0.370. The molecule has 2 aromatic carbocycles. The summed E-state index contributed by atoms with van der Waals surface area (Å²) in [5.41, 5.74) is 1.75. The van der Waals surface area contributed by atoms with Crippen LogP contribution in [0.1, 0.15) is 11.1 Å². The monoisotopic (exact) mass is 280 g/mol. The van der Waals surface area contributed by atoms with Crippen LogP contribution in [0.2, 0.25) is 0 Å². The van der Waals surface area contributed by atoms with E-state index < -0.39 is 5.82 Å². The Labute approximate surface area is 116 Å². The lowest BCUT2D eigenvalue weighted by atomic mass is 10.2. The van der Waals surface area contributed by atoms with Gasteiger partial charge in [-0.1, -0.05) is 12.1 Å². The minimum Gasteiger partial charge on any atom is -0.493 e. The van der Waals surface area contributed by atoms with Gasteiger partial charge in [0.05, 0.1) is 7.11 Å². The minimum atomic E-state index is -0.444. The molecule has 0 heterocycles. The summed E-state index contributed by atoms with van der Waals surface area (Å²) in [5, 5.41) is 0. The average molecular weight is 281 g/mol. The standard InChI is InChI=1S/C15H14ClFO2/c1-10-3-5-14(15(7-10)18-2)19-13-6-4-11(9-16)8-12(13)17/h3-8H,9H2,1-2H3. The van der Waals surface area contributed by atoms with Crippen molar-refractivity contribution in [3.05, 3.63) is 53.3 Å². The number of hydrogen-bond acceptors (Lipinski definition) is 2. The maximum atomic E-state index is 13.8. The highest BCUT2D eigenvalue weighted by Crippen LogP contribution is 2.33. The second kappa shape index (κ2) is 5.93. The van der Waals surface area contributed by atoms with Crippen molar-refractivity contribution in [1.29, 1.82) is 0 Å². The normalized spacial score (nSPS) is 10.3. The first-order valence-corrected chi connectivity index (χ1v) is 6.34. The molecule has 0 aliphatic heterocycles. The van der Waals surface area contributed by atoms with Gasteiger partial charge in [0.25, 0.3) is 0 Å². The summed E-state index contributed by atoms with van der Waals surface area (Å²) in [5.74, 6) is 1.02. The minimum absolute atomic E-state index is 0.149. The fourth-order valence-electron chi connectivity index (χ4n) is 1.69. The predicted octanol–water partition coefficient (Wildman–Crippen LogP) is 4.67. The van der Waals surface area contributed by atoms with Crippen LogP contribution < -0.4 is 9.47 Å². The Balaban J connectivity index is 2.31. The Hall–Kier alpha value is -1.74. The van der Waals surface area contributed by atoms with Crippen LogP contribution in [0.4, 0.5) is 4.39 Å². The number of halogens is 2. The molecule has 0 atom stereocenters. The summed E-state index contributed by atoms with van der Waals surface area (Å²) in [4.78, 5) is 0. The topological polar surface area (TPSA) is 18.5 Å². The van der Waals surface area contributed by atoms with Crippen molar-refractivity contribution in [1.82, 2.24) is 0 Å². The zero-order chi connectivity index (χ0) is 13.8. The van der Waals surface area contributed by atoms with Crippen LogP contribution >= 0.6 is 11.6 Å². The Morgan fingerprint density at radius 3 is 2.42 bits per heavy atom. The van der Waals surface area contributed by atoms with E-state index in [1.165, 1.54) is 6.07 Å². The maximum absolute atomic E-state index is 13.8. The highest BCUT2D eigenvalue weighted by molar-refractivity contribution is 6.17. The van der Waals surface area contributed by atoms with Gasteiger partial charge in [-0.3, -0.25) is 0 Å². The van der Waals surface area contributed by atoms with Crippen molar-refractivity contribution in [3.63, 3.8) is 0 Å². The molecule has 0 fully saturated rings. The summed E-state index contributed by atoms with van der Waals surface area (Å²) in [6, 6.07) is 10.1. The Morgan fingerprint density at radius 2 is 1.79 bits per heavy atom.